The summed E-state index contributed by atoms with van der Waals surface area (Å²) in [6.45, 7) is 1.81. The molecule has 0 amide bonds. The first-order valence-corrected chi connectivity index (χ1v) is 6.79. The first kappa shape index (κ1) is 11.4. The monoisotopic (exact) mass is 268 g/mol. The number of hydrogen-bond acceptors (Lipinski definition) is 3. The van der Waals surface area contributed by atoms with Gasteiger partial charge in [-0.05, 0) is 26.2 Å². The van der Waals surface area contributed by atoms with Crippen molar-refractivity contribution < 1.29 is 13.9 Å². The zero-order valence-corrected chi connectivity index (χ0v) is 10.4. The molecule has 0 bridgehead atoms. The Kier molecular flexibility index (Phi) is 4.17. The van der Waals surface area contributed by atoms with Crippen LogP contribution < -0.4 is 4.89 Å². The third kappa shape index (κ3) is 3.21. The van der Waals surface area contributed by atoms with Crippen LogP contribution in [0, 0.1) is 0 Å². The largest absolute Gasteiger partial charge is 0.624 e. The molecule has 0 N–H and O–H groups in total. The summed E-state index contributed by atoms with van der Waals surface area (Å²) in [4.78, 5) is 11.8. The highest BCUT2D eigenvalue weighted by Gasteiger charge is 2.31. The molecule has 1 heterocycles. The van der Waals surface area contributed by atoms with Crippen LogP contribution in [-0.2, 0) is 9.05 Å². The van der Waals surface area contributed by atoms with Gasteiger partial charge in [0.05, 0.1) is 7.11 Å². The zero-order valence-electron chi connectivity index (χ0n) is 7.88. The van der Waals surface area contributed by atoms with Gasteiger partial charge >= 0.3 is 0 Å². The second kappa shape index (κ2) is 4.74. The van der Waals surface area contributed by atoms with Gasteiger partial charge in [0, 0.05) is 4.48 Å². The van der Waals surface area contributed by atoms with E-state index in [2.05, 4.69) is 15.9 Å². The van der Waals surface area contributed by atoms with Crippen LogP contribution in [0.3, 0.4) is 0 Å². The Bertz CT molecular complexity index is 219. The molecule has 0 spiro atoms. The minimum Gasteiger partial charge on any atom is -0.624 e. The second-order valence-electron chi connectivity index (χ2n) is 3.03. The van der Waals surface area contributed by atoms with Crippen LogP contribution in [-0.4, -0.2) is 13.3 Å². The van der Waals surface area contributed by atoms with Crippen molar-refractivity contribution in [3.05, 3.63) is 10.2 Å². The molecule has 3 nitrogen and oxygen atoms in total. The van der Waals surface area contributed by atoms with Crippen molar-refractivity contribution in [3.8, 4) is 0 Å². The third-order valence-corrected chi connectivity index (χ3v) is 4.94. The third-order valence-electron chi connectivity index (χ3n) is 2.01. The predicted molar refractivity (Wildman–Crippen MR) is 55.4 cm³/mol. The maximum atomic E-state index is 11.8. The molecule has 13 heavy (non-hydrogen) atoms. The molecule has 1 rings (SSSR count). The molecular weight excluding hydrogens is 255 g/mol. The van der Waals surface area contributed by atoms with Gasteiger partial charge in [0.1, 0.15) is 6.16 Å². The molecule has 5 heteroatoms. The molecule has 1 aliphatic rings. The molecule has 0 aromatic heterocycles. The van der Waals surface area contributed by atoms with Crippen LogP contribution in [0.25, 0.3) is 0 Å². The van der Waals surface area contributed by atoms with Crippen LogP contribution >= 0.6 is 23.9 Å². The van der Waals surface area contributed by atoms with Gasteiger partial charge < -0.3 is 9.42 Å². The number of rotatable bonds is 1. The SMILES string of the molecule is CO[P+]1([O-])CCCC/C(Br)=C(/C)O1. The fourth-order valence-electron chi connectivity index (χ4n) is 1.19. The van der Waals surface area contributed by atoms with Crippen LogP contribution in [0.5, 0.6) is 0 Å². The minimum absolute atomic E-state index is 0.515. The minimum atomic E-state index is -2.85. The molecule has 0 fully saturated rings. The Morgan fingerprint density at radius 1 is 1.54 bits per heavy atom. The highest BCUT2D eigenvalue weighted by molar-refractivity contribution is 9.11. The fraction of sp³-hybridized carbons (Fsp3) is 0.750. The van der Waals surface area contributed by atoms with Crippen molar-refractivity contribution in [1.29, 1.82) is 0 Å². The molecular formula is C8H14BrO3P. The van der Waals surface area contributed by atoms with E-state index in [4.69, 9.17) is 9.05 Å². The molecule has 0 aromatic carbocycles. The lowest BCUT2D eigenvalue weighted by molar-refractivity contribution is -0.213. The normalized spacial score (nSPS) is 36.3. The summed E-state index contributed by atoms with van der Waals surface area (Å²) in [5.74, 6) is 0.685. The summed E-state index contributed by atoms with van der Waals surface area (Å²) in [5, 5.41) is 0. The quantitative estimate of drug-likeness (QED) is 0.687. The average Bonchev–Trinajstić information content (AvgIpc) is 2.10. The number of halogens is 1. The van der Waals surface area contributed by atoms with E-state index in [0.717, 1.165) is 23.7 Å². The Labute approximate surface area is 87.8 Å². The van der Waals surface area contributed by atoms with Crippen molar-refractivity contribution in [2.75, 3.05) is 13.3 Å². The fourth-order valence-corrected chi connectivity index (χ4v) is 3.17. The maximum absolute atomic E-state index is 11.8. The maximum Gasteiger partial charge on any atom is 0.283 e. The lowest BCUT2D eigenvalue weighted by atomic mass is 10.2. The van der Waals surface area contributed by atoms with Gasteiger partial charge in [-0.25, -0.2) is 4.52 Å². The predicted octanol–water partition coefficient (Wildman–Crippen LogP) is 2.58. The van der Waals surface area contributed by atoms with Crippen LogP contribution in [0.15, 0.2) is 10.2 Å². The van der Waals surface area contributed by atoms with Gasteiger partial charge in [-0.15, -0.1) is 0 Å². The first-order chi connectivity index (χ1) is 6.07. The van der Waals surface area contributed by atoms with E-state index in [-0.39, 0.29) is 0 Å². The standard InChI is InChI=1S/C8H14BrO3P/c1-7-8(9)5-3-4-6-13(10,11-2)12-7/h3-6H2,1-2H3/b8-7+. The lowest BCUT2D eigenvalue weighted by Crippen LogP contribution is -2.18. The molecule has 0 aromatic rings. The first-order valence-electron chi connectivity index (χ1n) is 4.27. The van der Waals surface area contributed by atoms with Crippen LogP contribution in [0.1, 0.15) is 26.2 Å². The van der Waals surface area contributed by atoms with Gasteiger partial charge in [-0.3, -0.25) is 0 Å². The summed E-state index contributed by atoms with van der Waals surface area (Å²) in [6, 6.07) is 0. The Morgan fingerprint density at radius 3 is 2.85 bits per heavy atom. The molecule has 1 aliphatic heterocycles. The number of hydrogen-bond donors (Lipinski definition) is 0. The van der Waals surface area contributed by atoms with Gasteiger partial charge in [0.25, 0.3) is 7.94 Å². The van der Waals surface area contributed by atoms with Gasteiger partial charge in [0.15, 0.2) is 5.76 Å². The van der Waals surface area contributed by atoms with Gasteiger partial charge in [-0.1, -0.05) is 15.9 Å². The number of allylic oxidation sites excluding steroid dienone is 2. The Hall–Kier alpha value is 0.370. The molecule has 1 unspecified atom stereocenters. The van der Waals surface area contributed by atoms with E-state index < -0.39 is 7.94 Å². The topological polar surface area (TPSA) is 41.5 Å². The molecule has 1 atom stereocenters. The lowest BCUT2D eigenvalue weighted by Gasteiger charge is -2.28. The van der Waals surface area contributed by atoms with Crippen molar-refractivity contribution in [3.63, 3.8) is 0 Å². The summed E-state index contributed by atoms with van der Waals surface area (Å²) in [7, 11) is -1.41. The zero-order chi connectivity index (χ0) is 9.90. The molecule has 0 saturated carbocycles. The highest BCUT2D eigenvalue weighted by Crippen LogP contribution is 2.55. The van der Waals surface area contributed by atoms with E-state index in [0.29, 0.717) is 11.9 Å². The molecule has 0 radical (unpaired) electrons. The van der Waals surface area contributed by atoms with Crippen molar-refractivity contribution in [1.82, 2.24) is 0 Å². The average molecular weight is 269 g/mol. The van der Waals surface area contributed by atoms with E-state index in [1.165, 1.54) is 7.11 Å². The van der Waals surface area contributed by atoms with E-state index >= 15 is 0 Å². The summed E-state index contributed by atoms with van der Waals surface area (Å²) < 4.78 is 11.2. The van der Waals surface area contributed by atoms with Crippen LogP contribution in [0.2, 0.25) is 0 Å². The second-order valence-corrected chi connectivity index (χ2v) is 6.20. The summed E-state index contributed by atoms with van der Waals surface area (Å²) in [5.41, 5.74) is 0. The van der Waals surface area contributed by atoms with Gasteiger partial charge in [0.2, 0.25) is 0 Å². The summed E-state index contributed by atoms with van der Waals surface area (Å²) in [6.07, 6.45) is 3.37. The van der Waals surface area contributed by atoms with Crippen LogP contribution in [0.4, 0.5) is 0 Å². The molecule has 0 aliphatic carbocycles. The van der Waals surface area contributed by atoms with Crippen molar-refractivity contribution in [2.45, 2.75) is 26.2 Å². The Morgan fingerprint density at radius 2 is 2.23 bits per heavy atom. The van der Waals surface area contributed by atoms with E-state index in [1.807, 2.05) is 0 Å². The summed E-state index contributed by atoms with van der Waals surface area (Å²) >= 11 is 3.40. The molecule has 0 saturated heterocycles. The highest BCUT2D eigenvalue weighted by atomic mass is 79.9. The van der Waals surface area contributed by atoms with E-state index in [1.54, 1.807) is 6.92 Å². The Balaban J connectivity index is 2.76. The van der Waals surface area contributed by atoms with Crippen molar-refractivity contribution >= 4 is 23.9 Å². The van der Waals surface area contributed by atoms with E-state index in [9.17, 15) is 4.89 Å². The smallest absolute Gasteiger partial charge is 0.283 e. The molecule has 76 valence electrons. The van der Waals surface area contributed by atoms with Crippen molar-refractivity contribution in [2.24, 2.45) is 0 Å². The van der Waals surface area contributed by atoms with Gasteiger partial charge in [-0.2, -0.15) is 0 Å².